The van der Waals surface area contributed by atoms with Gasteiger partial charge in [0.05, 0.1) is 9.80 Å². The summed E-state index contributed by atoms with van der Waals surface area (Å²) in [5.74, 6) is -1.07. The van der Waals surface area contributed by atoms with Gasteiger partial charge in [-0.3, -0.25) is 29.7 Å². The minimum Gasteiger partial charge on any atom is -0.290 e. The van der Waals surface area contributed by atoms with Crippen LogP contribution in [-0.2, 0) is 11.3 Å². The molecule has 1 N–H and O–H groups in total. The van der Waals surface area contributed by atoms with Gasteiger partial charge in [-0.25, -0.2) is 0 Å². The van der Waals surface area contributed by atoms with E-state index in [4.69, 9.17) is 0 Å². The second-order valence-electron chi connectivity index (χ2n) is 4.29. The van der Waals surface area contributed by atoms with Crippen LogP contribution < -0.4 is 5.32 Å². The van der Waals surface area contributed by atoms with Gasteiger partial charge in [0.1, 0.15) is 17.9 Å². The van der Waals surface area contributed by atoms with Gasteiger partial charge in [-0.2, -0.15) is 5.10 Å². The third kappa shape index (κ3) is 3.14. The Bertz CT molecular complexity index is 705. The number of thiophene rings is 1. The number of aryl methyl sites for hydroxylation is 1. The molecular formula is C12H12N4O4S. The topological polar surface area (TPSA) is 107 Å². The maximum atomic E-state index is 11.8. The van der Waals surface area contributed by atoms with Crippen LogP contribution in [0.15, 0.2) is 17.5 Å². The van der Waals surface area contributed by atoms with Crippen LogP contribution in [-0.4, -0.2) is 26.5 Å². The van der Waals surface area contributed by atoms with Crippen LogP contribution in [0.4, 0.5) is 5.69 Å². The fourth-order valence-electron chi connectivity index (χ4n) is 1.88. The first-order valence-electron chi connectivity index (χ1n) is 5.96. The molecule has 9 heteroatoms. The Morgan fingerprint density at radius 3 is 2.71 bits per heavy atom. The van der Waals surface area contributed by atoms with E-state index in [1.807, 2.05) is 0 Å². The van der Waals surface area contributed by atoms with Crippen molar-refractivity contribution >= 4 is 28.8 Å². The predicted molar refractivity (Wildman–Crippen MR) is 75.1 cm³/mol. The summed E-state index contributed by atoms with van der Waals surface area (Å²) in [5, 5.41) is 18.8. The largest absolute Gasteiger partial charge is 0.312 e. The lowest BCUT2D eigenvalue weighted by molar-refractivity contribution is -0.386. The lowest BCUT2D eigenvalue weighted by Crippen LogP contribution is -2.33. The lowest BCUT2D eigenvalue weighted by atomic mass is 10.3. The average molecular weight is 308 g/mol. The van der Waals surface area contributed by atoms with Gasteiger partial charge in [-0.05, 0) is 25.3 Å². The van der Waals surface area contributed by atoms with Crippen LogP contribution in [0.2, 0.25) is 0 Å². The zero-order valence-electron chi connectivity index (χ0n) is 11.3. The summed E-state index contributed by atoms with van der Waals surface area (Å²) in [5.41, 5.74) is 0.387. The molecule has 2 heterocycles. The van der Waals surface area contributed by atoms with Crippen molar-refractivity contribution in [3.05, 3.63) is 43.9 Å². The van der Waals surface area contributed by atoms with Crippen LogP contribution in [0, 0.1) is 24.0 Å². The van der Waals surface area contributed by atoms with Crippen molar-refractivity contribution < 1.29 is 14.5 Å². The van der Waals surface area contributed by atoms with Gasteiger partial charge in [0, 0.05) is 0 Å². The van der Waals surface area contributed by atoms with Crippen LogP contribution in [0.25, 0.3) is 0 Å². The Balaban J connectivity index is 2.08. The van der Waals surface area contributed by atoms with E-state index >= 15 is 0 Å². The lowest BCUT2D eigenvalue weighted by Gasteiger charge is -2.04. The summed E-state index contributed by atoms with van der Waals surface area (Å²) < 4.78 is 1.21. The highest BCUT2D eigenvalue weighted by molar-refractivity contribution is 7.12. The molecule has 0 saturated heterocycles. The zero-order valence-corrected chi connectivity index (χ0v) is 12.1. The third-order valence-corrected chi connectivity index (χ3v) is 3.69. The Morgan fingerprint density at radius 2 is 2.19 bits per heavy atom. The number of nitrogens with zero attached hydrogens (tertiary/aromatic N) is 3. The monoisotopic (exact) mass is 308 g/mol. The smallest absolute Gasteiger partial charge is 0.290 e. The number of carbonyl (C=O) groups is 2. The molecule has 0 atom stereocenters. The number of nitrogens with one attached hydrogen (secondary N) is 1. The zero-order chi connectivity index (χ0) is 15.6. The number of carbonyl (C=O) groups excluding carboxylic acids is 2. The predicted octanol–water partition coefficient (Wildman–Crippen LogP) is 1.43. The van der Waals surface area contributed by atoms with Crippen molar-refractivity contribution in [1.29, 1.82) is 0 Å². The molecule has 110 valence electrons. The van der Waals surface area contributed by atoms with E-state index in [1.165, 1.54) is 29.9 Å². The summed E-state index contributed by atoms with van der Waals surface area (Å²) in [6.07, 6.45) is 0. The van der Waals surface area contributed by atoms with Gasteiger partial charge < -0.3 is 0 Å². The standard InChI is InChI=1S/C12H12N4O4S/c1-7-11(16(19)20)8(2)15(14-7)6-10(17)13-12(18)9-4-3-5-21-9/h3-5H,6H2,1-2H3,(H,13,17,18). The minimum atomic E-state index is -0.575. The first-order valence-corrected chi connectivity index (χ1v) is 6.84. The van der Waals surface area contributed by atoms with Gasteiger partial charge in [-0.1, -0.05) is 6.07 Å². The molecule has 0 bridgehead atoms. The number of hydrogen-bond donors (Lipinski definition) is 1. The van der Waals surface area contributed by atoms with E-state index < -0.39 is 16.7 Å². The van der Waals surface area contributed by atoms with E-state index in [2.05, 4.69) is 10.4 Å². The molecule has 0 radical (unpaired) electrons. The van der Waals surface area contributed by atoms with Crippen molar-refractivity contribution in [2.24, 2.45) is 0 Å². The van der Waals surface area contributed by atoms with Crippen LogP contribution >= 0.6 is 11.3 Å². The van der Waals surface area contributed by atoms with Crippen molar-refractivity contribution in [2.45, 2.75) is 20.4 Å². The molecule has 2 rings (SSSR count). The molecule has 2 amide bonds. The molecule has 0 aliphatic carbocycles. The van der Waals surface area contributed by atoms with Crippen molar-refractivity contribution in [1.82, 2.24) is 15.1 Å². The molecule has 0 spiro atoms. The highest BCUT2D eigenvalue weighted by Crippen LogP contribution is 2.21. The van der Waals surface area contributed by atoms with Gasteiger partial charge in [0.15, 0.2) is 0 Å². The molecule has 0 saturated carbocycles. The summed E-state index contributed by atoms with van der Waals surface area (Å²) in [6, 6.07) is 3.30. The van der Waals surface area contributed by atoms with E-state index in [0.717, 1.165) is 0 Å². The second-order valence-corrected chi connectivity index (χ2v) is 5.24. The average Bonchev–Trinajstić information content (AvgIpc) is 2.98. The minimum absolute atomic E-state index is 0.118. The Labute approximate surface area is 123 Å². The SMILES string of the molecule is Cc1nn(CC(=O)NC(=O)c2cccs2)c(C)c1[N+](=O)[O-]. The quantitative estimate of drug-likeness (QED) is 0.679. The van der Waals surface area contributed by atoms with E-state index in [9.17, 15) is 19.7 Å². The van der Waals surface area contributed by atoms with Crippen molar-refractivity contribution in [3.63, 3.8) is 0 Å². The number of amides is 2. The fourth-order valence-corrected chi connectivity index (χ4v) is 2.50. The van der Waals surface area contributed by atoms with Crippen LogP contribution in [0.1, 0.15) is 21.1 Å². The van der Waals surface area contributed by atoms with Gasteiger partial charge >= 0.3 is 5.69 Å². The fraction of sp³-hybridized carbons (Fsp3) is 0.250. The normalized spacial score (nSPS) is 10.4. The molecule has 0 aromatic carbocycles. The summed E-state index contributed by atoms with van der Waals surface area (Å²) >= 11 is 1.22. The summed E-state index contributed by atoms with van der Waals surface area (Å²) in [6.45, 7) is 2.75. The molecular weight excluding hydrogens is 296 g/mol. The van der Waals surface area contributed by atoms with Crippen LogP contribution in [0.3, 0.4) is 0 Å². The summed E-state index contributed by atoms with van der Waals surface area (Å²) in [4.78, 5) is 34.3. The van der Waals surface area contributed by atoms with Crippen LogP contribution in [0.5, 0.6) is 0 Å². The molecule has 8 nitrogen and oxygen atoms in total. The summed E-state index contributed by atoms with van der Waals surface area (Å²) in [7, 11) is 0. The Morgan fingerprint density at radius 1 is 1.48 bits per heavy atom. The van der Waals surface area contributed by atoms with Crippen molar-refractivity contribution in [3.8, 4) is 0 Å². The van der Waals surface area contributed by atoms with Gasteiger partial charge in [-0.15, -0.1) is 11.3 Å². The van der Waals surface area contributed by atoms with Crippen molar-refractivity contribution in [2.75, 3.05) is 0 Å². The number of rotatable bonds is 4. The molecule has 0 fully saturated rings. The molecule has 0 aliphatic rings. The first kappa shape index (κ1) is 14.9. The Hall–Kier alpha value is -2.55. The van der Waals surface area contributed by atoms with Gasteiger partial charge in [0.25, 0.3) is 5.91 Å². The van der Waals surface area contributed by atoms with E-state index in [1.54, 1.807) is 17.5 Å². The number of aromatic nitrogens is 2. The first-order chi connectivity index (χ1) is 9.90. The van der Waals surface area contributed by atoms with E-state index in [-0.39, 0.29) is 23.6 Å². The maximum absolute atomic E-state index is 11.8. The van der Waals surface area contributed by atoms with E-state index in [0.29, 0.717) is 4.88 Å². The second kappa shape index (κ2) is 5.83. The highest BCUT2D eigenvalue weighted by atomic mass is 32.1. The molecule has 2 aromatic heterocycles. The third-order valence-electron chi connectivity index (χ3n) is 2.82. The molecule has 2 aromatic rings. The highest BCUT2D eigenvalue weighted by Gasteiger charge is 2.23. The number of nitro groups is 1. The number of imide groups is 1. The maximum Gasteiger partial charge on any atom is 0.312 e. The molecule has 0 unspecified atom stereocenters. The Kier molecular flexibility index (Phi) is 4.13. The molecule has 0 aliphatic heterocycles. The molecule has 21 heavy (non-hydrogen) atoms. The number of hydrogen-bond acceptors (Lipinski definition) is 6. The van der Waals surface area contributed by atoms with Gasteiger partial charge in [0.2, 0.25) is 5.91 Å².